The van der Waals surface area contributed by atoms with E-state index in [0.717, 1.165) is 0 Å². The molecule has 0 radical (unpaired) electrons. The van der Waals surface area contributed by atoms with Gasteiger partial charge in [-0.3, -0.25) is 14.5 Å². The van der Waals surface area contributed by atoms with Crippen molar-refractivity contribution in [3.8, 4) is 0 Å². The van der Waals surface area contributed by atoms with Crippen molar-refractivity contribution in [2.45, 2.75) is 72.1 Å². The third kappa shape index (κ3) is 8.05. The summed E-state index contributed by atoms with van der Waals surface area (Å²) in [4.78, 5) is 40.3. The van der Waals surface area contributed by atoms with Gasteiger partial charge < -0.3 is 15.0 Å². The highest BCUT2D eigenvalue weighted by atomic mass is 16.6. The number of carbonyl (C=O) groups is 3. The smallest absolute Gasteiger partial charge is 0.410 e. The molecule has 0 aromatic carbocycles. The van der Waals surface area contributed by atoms with Gasteiger partial charge in [0.1, 0.15) is 11.6 Å². The molecule has 1 heterocycles. The van der Waals surface area contributed by atoms with Crippen molar-refractivity contribution in [1.29, 1.82) is 0 Å². The van der Waals surface area contributed by atoms with E-state index in [1.807, 2.05) is 26.8 Å². The first-order chi connectivity index (χ1) is 13.9. The molecule has 7 nitrogen and oxygen atoms in total. The van der Waals surface area contributed by atoms with Crippen molar-refractivity contribution in [2.24, 2.45) is 5.92 Å². The molecule has 2 unspecified atom stereocenters. The Balaban J connectivity index is 2.78. The summed E-state index contributed by atoms with van der Waals surface area (Å²) in [6.45, 7) is 15.7. The third-order valence-electron chi connectivity index (χ3n) is 4.59. The van der Waals surface area contributed by atoms with Gasteiger partial charge in [-0.1, -0.05) is 32.6 Å². The molecule has 0 aromatic heterocycles. The molecule has 1 N–H and O–H groups in total. The van der Waals surface area contributed by atoms with Gasteiger partial charge in [-0.2, -0.15) is 0 Å². The second kappa shape index (κ2) is 11.0. The van der Waals surface area contributed by atoms with Crippen molar-refractivity contribution >= 4 is 17.9 Å². The molecule has 0 aromatic rings. The highest BCUT2D eigenvalue weighted by Crippen LogP contribution is 2.22. The fourth-order valence-corrected chi connectivity index (χ4v) is 2.93. The summed E-state index contributed by atoms with van der Waals surface area (Å²) in [5.74, 6) is -0.143. The van der Waals surface area contributed by atoms with Crippen LogP contribution in [0.5, 0.6) is 0 Å². The number of nitrogens with zero attached hydrogens (tertiary/aromatic N) is 2. The number of hydrogen-bond donors (Lipinski definition) is 1. The molecular formula is C23H37N3O4. The van der Waals surface area contributed by atoms with E-state index in [2.05, 4.69) is 11.9 Å². The number of likely N-dealkylation sites (N-methyl/N-ethyl adjacent to an activating group) is 1. The van der Waals surface area contributed by atoms with Crippen molar-refractivity contribution in [3.63, 3.8) is 0 Å². The molecular weight excluding hydrogens is 382 g/mol. The van der Waals surface area contributed by atoms with Crippen LogP contribution in [0.15, 0.2) is 36.6 Å². The number of hydrogen-bond acceptors (Lipinski definition) is 4. The van der Waals surface area contributed by atoms with Crippen LogP contribution in [0.2, 0.25) is 0 Å². The average Bonchev–Trinajstić information content (AvgIpc) is 2.55. The maximum absolute atomic E-state index is 12.8. The van der Waals surface area contributed by atoms with Crippen LogP contribution in [0.1, 0.15) is 54.4 Å². The van der Waals surface area contributed by atoms with E-state index in [0.29, 0.717) is 31.0 Å². The maximum Gasteiger partial charge on any atom is 0.410 e. The summed E-state index contributed by atoms with van der Waals surface area (Å²) in [6, 6.07) is -0.860. The second-order valence-corrected chi connectivity index (χ2v) is 8.97. The number of likely N-dealkylation sites (tertiary alicyclic amines) is 1. The van der Waals surface area contributed by atoms with Gasteiger partial charge in [0, 0.05) is 31.4 Å². The Kier molecular flexibility index (Phi) is 9.33. The molecule has 1 aliphatic heterocycles. The summed E-state index contributed by atoms with van der Waals surface area (Å²) < 4.78 is 5.37. The molecule has 0 spiro atoms. The summed E-state index contributed by atoms with van der Waals surface area (Å²) in [5.41, 5.74) is -0.0287. The molecule has 0 saturated carbocycles. The first-order valence-electron chi connectivity index (χ1n) is 10.4. The quantitative estimate of drug-likeness (QED) is 0.481. The Labute approximate surface area is 180 Å². The minimum Gasteiger partial charge on any atom is -0.444 e. The predicted octanol–water partition coefficient (Wildman–Crippen LogP) is 3.63. The van der Waals surface area contributed by atoms with Gasteiger partial charge >= 0.3 is 6.09 Å². The summed E-state index contributed by atoms with van der Waals surface area (Å²) >= 11 is 0. The lowest BCUT2D eigenvalue weighted by Gasteiger charge is -2.40. The van der Waals surface area contributed by atoms with E-state index in [-0.39, 0.29) is 17.9 Å². The monoisotopic (exact) mass is 419 g/mol. The van der Waals surface area contributed by atoms with E-state index in [1.165, 1.54) is 15.9 Å². The lowest BCUT2D eigenvalue weighted by molar-refractivity contribution is -0.131. The maximum atomic E-state index is 12.8. The highest BCUT2D eigenvalue weighted by Gasteiger charge is 2.40. The van der Waals surface area contributed by atoms with Gasteiger partial charge in [-0.05, 0) is 52.5 Å². The molecule has 168 valence electrons. The third-order valence-corrected chi connectivity index (χ3v) is 4.59. The van der Waals surface area contributed by atoms with E-state index < -0.39 is 17.7 Å². The molecule has 1 aliphatic rings. The largest absolute Gasteiger partial charge is 0.444 e. The zero-order chi connectivity index (χ0) is 23.1. The van der Waals surface area contributed by atoms with E-state index in [4.69, 9.17) is 4.74 Å². The van der Waals surface area contributed by atoms with Gasteiger partial charge in [0.2, 0.25) is 11.8 Å². The van der Waals surface area contributed by atoms with E-state index in [9.17, 15) is 14.4 Å². The molecule has 1 rings (SSSR count). The van der Waals surface area contributed by atoms with Crippen LogP contribution in [0.25, 0.3) is 0 Å². The first kappa shape index (κ1) is 25.5. The Bertz CT molecular complexity index is 704. The lowest BCUT2D eigenvalue weighted by Crippen LogP contribution is -2.60. The van der Waals surface area contributed by atoms with Crippen LogP contribution >= 0.6 is 0 Å². The van der Waals surface area contributed by atoms with E-state index >= 15 is 0 Å². The Hall–Kier alpha value is -2.57. The molecule has 3 amide bonds. The van der Waals surface area contributed by atoms with Crippen LogP contribution in [0.4, 0.5) is 4.79 Å². The number of rotatable bonds is 8. The number of allylic oxidation sites excluding steroid dienone is 2. The number of nitrogens with one attached hydrogen (secondary N) is 1. The van der Waals surface area contributed by atoms with Crippen molar-refractivity contribution in [1.82, 2.24) is 15.1 Å². The normalized spacial score (nSPS) is 17.7. The van der Waals surface area contributed by atoms with Gasteiger partial charge in [-0.15, -0.1) is 0 Å². The van der Waals surface area contributed by atoms with Crippen LogP contribution in [-0.2, 0) is 14.3 Å². The summed E-state index contributed by atoms with van der Waals surface area (Å²) in [6.07, 6.45) is 7.50. The fourth-order valence-electron chi connectivity index (χ4n) is 2.93. The number of ether oxygens (including phenoxy) is 1. The SMILES string of the molecule is C=C(C=CC)N(C)C(=O)C=CC(CC(C)C)NC(=O)C1CCN1C(=O)OC(C)(C)C. The molecule has 1 fully saturated rings. The van der Waals surface area contributed by atoms with Crippen LogP contribution in [0, 0.1) is 5.92 Å². The molecule has 1 saturated heterocycles. The standard InChI is InChI=1S/C23H37N3O4/c1-9-10-17(4)25(8)20(27)12-11-18(15-16(2)3)24-21(28)19-13-14-26(19)22(29)30-23(5,6)7/h9-12,16,18-19H,4,13-15H2,1-3,5-8H3,(H,24,28). The van der Waals surface area contributed by atoms with Gasteiger partial charge in [0.25, 0.3) is 0 Å². The van der Waals surface area contributed by atoms with Gasteiger partial charge in [0.15, 0.2) is 0 Å². The highest BCUT2D eigenvalue weighted by molar-refractivity contribution is 5.90. The molecule has 2 atom stereocenters. The molecule has 0 aliphatic carbocycles. The Morgan fingerprint density at radius 1 is 1.27 bits per heavy atom. The number of amides is 3. The zero-order valence-corrected chi connectivity index (χ0v) is 19.4. The minimum absolute atomic E-state index is 0.222. The second-order valence-electron chi connectivity index (χ2n) is 8.97. The van der Waals surface area contributed by atoms with Crippen molar-refractivity contribution in [3.05, 3.63) is 36.6 Å². The average molecular weight is 420 g/mol. The number of carbonyl (C=O) groups excluding carboxylic acids is 3. The van der Waals surface area contributed by atoms with Crippen LogP contribution < -0.4 is 5.32 Å². The van der Waals surface area contributed by atoms with Gasteiger partial charge in [0.05, 0.1) is 0 Å². The molecule has 30 heavy (non-hydrogen) atoms. The Morgan fingerprint density at radius 3 is 2.37 bits per heavy atom. The van der Waals surface area contributed by atoms with Crippen molar-refractivity contribution in [2.75, 3.05) is 13.6 Å². The minimum atomic E-state index is -0.611. The molecule has 0 bridgehead atoms. The van der Waals surface area contributed by atoms with Gasteiger partial charge in [-0.25, -0.2) is 4.79 Å². The lowest BCUT2D eigenvalue weighted by atomic mass is 9.99. The topological polar surface area (TPSA) is 79.0 Å². The van der Waals surface area contributed by atoms with Crippen molar-refractivity contribution < 1.29 is 19.1 Å². The summed E-state index contributed by atoms with van der Waals surface area (Å²) in [7, 11) is 1.65. The predicted molar refractivity (Wildman–Crippen MR) is 119 cm³/mol. The van der Waals surface area contributed by atoms with Crippen LogP contribution in [0.3, 0.4) is 0 Å². The molecule has 7 heteroatoms. The first-order valence-corrected chi connectivity index (χ1v) is 10.4. The Morgan fingerprint density at radius 2 is 1.90 bits per heavy atom. The van der Waals surface area contributed by atoms with Crippen LogP contribution in [-0.4, -0.2) is 59.0 Å². The van der Waals surface area contributed by atoms with E-state index in [1.54, 1.807) is 40.0 Å². The zero-order valence-electron chi connectivity index (χ0n) is 19.4. The fraction of sp³-hybridized carbons (Fsp3) is 0.609. The summed E-state index contributed by atoms with van der Waals surface area (Å²) in [5, 5.41) is 2.96.